The maximum Gasteiger partial charge on any atom is 0.257 e. The predicted molar refractivity (Wildman–Crippen MR) is 89.3 cm³/mol. The lowest BCUT2D eigenvalue weighted by Crippen LogP contribution is -2.38. The lowest BCUT2D eigenvalue weighted by atomic mass is 10.1. The van der Waals surface area contributed by atoms with E-state index in [1.165, 1.54) is 4.31 Å². The number of amides is 1. The molecule has 1 heterocycles. The number of sulfonamides is 1. The number of hydrogen-bond donors (Lipinski definition) is 0. The SMILES string of the molecule is CCS(=O)(=O)N1CCCN(C(=O)c2cc(C)ccc2OC)CC1. The number of rotatable bonds is 4. The van der Waals surface area contributed by atoms with Gasteiger partial charge in [-0.3, -0.25) is 4.79 Å². The number of aryl methyl sites for hydroxylation is 1. The van der Waals surface area contributed by atoms with Gasteiger partial charge < -0.3 is 9.64 Å². The van der Waals surface area contributed by atoms with Crippen LogP contribution in [0.25, 0.3) is 0 Å². The van der Waals surface area contributed by atoms with Gasteiger partial charge in [0.05, 0.1) is 18.4 Å². The van der Waals surface area contributed by atoms with E-state index in [1.54, 1.807) is 25.0 Å². The summed E-state index contributed by atoms with van der Waals surface area (Å²) in [6, 6.07) is 5.49. The van der Waals surface area contributed by atoms with Gasteiger partial charge in [0, 0.05) is 26.2 Å². The Labute approximate surface area is 138 Å². The third kappa shape index (κ3) is 4.03. The Hall–Kier alpha value is -1.60. The molecule has 1 aliphatic heterocycles. The Balaban J connectivity index is 2.17. The molecule has 0 atom stereocenters. The van der Waals surface area contributed by atoms with Crippen molar-refractivity contribution >= 4 is 15.9 Å². The van der Waals surface area contributed by atoms with E-state index < -0.39 is 10.0 Å². The molecule has 1 aromatic rings. The van der Waals surface area contributed by atoms with Gasteiger partial charge in [-0.1, -0.05) is 11.6 Å². The van der Waals surface area contributed by atoms with Crippen molar-refractivity contribution < 1.29 is 17.9 Å². The third-order valence-corrected chi connectivity index (χ3v) is 5.97. The minimum Gasteiger partial charge on any atom is -0.496 e. The first kappa shape index (κ1) is 17.7. The number of hydrogen-bond acceptors (Lipinski definition) is 4. The average Bonchev–Trinajstić information content (AvgIpc) is 2.80. The molecule has 0 saturated carbocycles. The van der Waals surface area contributed by atoms with Crippen molar-refractivity contribution in [2.45, 2.75) is 20.3 Å². The summed E-state index contributed by atoms with van der Waals surface area (Å²) in [5, 5.41) is 0. The molecule has 0 spiro atoms. The number of benzene rings is 1. The molecule has 0 aromatic heterocycles. The molecule has 0 N–H and O–H groups in total. The van der Waals surface area contributed by atoms with Crippen molar-refractivity contribution in [3.8, 4) is 5.75 Å². The van der Waals surface area contributed by atoms with Crippen LogP contribution in [0, 0.1) is 6.92 Å². The van der Waals surface area contributed by atoms with Crippen LogP contribution in [0.15, 0.2) is 18.2 Å². The van der Waals surface area contributed by atoms with Gasteiger partial charge in [0.1, 0.15) is 5.75 Å². The fourth-order valence-electron chi connectivity index (χ4n) is 2.72. The number of carbonyl (C=O) groups is 1. The van der Waals surface area contributed by atoms with E-state index in [0.29, 0.717) is 43.9 Å². The summed E-state index contributed by atoms with van der Waals surface area (Å²) >= 11 is 0. The van der Waals surface area contributed by atoms with E-state index in [4.69, 9.17) is 4.74 Å². The summed E-state index contributed by atoms with van der Waals surface area (Å²) in [5.41, 5.74) is 1.51. The van der Waals surface area contributed by atoms with Gasteiger partial charge in [-0.2, -0.15) is 0 Å². The molecular formula is C16H24N2O4S. The quantitative estimate of drug-likeness (QED) is 0.833. The zero-order valence-corrected chi connectivity index (χ0v) is 14.7. The molecule has 23 heavy (non-hydrogen) atoms. The van der Waals surface area contributed by atoms with Gasteiger partial charge >= 0.3 is 0 Å². The highest BCUT2D eigenvalue weighted by Crippen LogP contribution is 2.22. The zero-order chi connectivity index (χ0) is 17.0. The van der Waals surface area contributed by atoms with E-state index in [-0.39, 0.29) is 11.7 Å². The smallest absolute Gasteiger partial charge is 0.257 e. The molecule has 0 unspecified atom stereocenters. The summed E-state index contributed by atoms with van der Waals surface area (Å²) < 4.78 is 30.8. The van der Waals surface area contributed by atoms with Crippen molar-refractivity contribution in [3.63, 3.8) is 0 Å². The van der Waals surface area contributed by atoms with Crippen molar-refractivity contribution in [2.24, 2.45) is 0 Å². The first-order chi connectivity index (χ1) is 10.9. The highest BCUT2D eigenvalue weighted by molar-refractivity contribution is 7.89. The summed E-state index contributed by atoms with van der Waals surface area (Å²) in [6.07, 6.45) is 0.638. The zero-order valence-electron chi connectivity index (χ0n) is 13.9. The molecule has 0 radical (unpaired) electrons. The summed E-state index contributed by atoms with van der Waals surface area (Å²) in [5.74, 6) is 0.524. The van der Waals surface area contributed by atoms with E-state index in [2.05, 4.69) is 0 Å². The maximum absolute atomic E-state index is 12.8. The monoisotopic (exact) mass is 340 g/mol. The number of ether oxygens (including phenoxy) is 1. The van der Waals surface area contributed by atoms with Gasteiger partial charge in [0.2, 0.25) is 10.0 Å². The van der Waals surface area contributed by atoms with Crippen LogP contribution in [0.3, 0.4) is 0 Å². The number of nitrogens with zero attached hydrogens (tertiary/aromatic N) is 2. The molecule has 7 heteroatoms. The van der Waals surface area contributed by atoms with Gasteiger partial charge in [0.25, 0.3) is 5.91 Å². The number of carbonyl (C=O) groups excluding carboxylic acids is 1. The normalized spacial score (nSPS) is 16.9. The molecule has 1 aromatic carbocycles. The van der Waals surface area contributed by atoms with Crippen molar-refractivity contribution in [3.05, 3.63) is 29.3 Å². The van der Waals surface area contributed by atoms with Gasteiger partial charge in [-0.05, 0) is 32.4 Å². The molecule has 1 aliphatic rings. The predicted octanol–water partition coefficient (Wildman–Crippen LogP) is 1.50. The van der Waals surface area contributed by atoms with Crippen LogP contribution in [0.1, 0.15) is 29.3 Å². The topological polar surface area (TPSA) is 66.9 Å². The van der Waals surface area contributed by atoms with Crippen LogP contribution in [0.2, 0.25) is 0 Å². The Morgan fingerprint density at radius 1 is 1.22 bits per heavy atom. The first-order valence-electron chi connectivity index (χ1n) is 7.80. The first-order valence-corrected chi connectivity index (χ1v) is 9.41. The van der Waals surface area contributed by atoms with Crippen LogP contribution in [0.4, 0.5) is 0 Å². The van der Waals surface area contributed by atoms with Crippen molar-refractivity contribution in [1.82, 2.24) is 9.21 Å². The van der Waals surface area contributed by atoms with Crippen LogP contribution in [-0.4, -0.2) is 62.6 Å². The van der Waals surface area contributed by atoms with Gasteiger partial charge in [0.15, 0.2) is 0 Å². The maximum atomic E-state index is 12.8. The van der Waals surface area contributed by atoms with E-state index in [1.807, 2.05) is 19.1 Å². The second-order valence-corrected chi connectivity index (χ2v) is 7.91. The van der Waals surface area contributed by atoms with Crippen LogP contribution >= 0.6 is 0 Å². The fourth-order valence-corrected chi connectivity index (χ4v) is 3.85. The summed E-state index contributed by atoms with van der Waals surface area (Å²) in [4.78, 5) is 14.5. The highest BCUT2D eigenvalue weighted by atomic mass is 32.2. The Morgan fingerprint density at radius 3 is 2.61 bits per heavy atom. The lowest BCUT2D eigenvalue weighted by molar-refractivity contribution is 0.0760. The van der Waals surface area contributed by atoms with Crippen LogP contribution in [0.5, 0.6) is 5.75 Å². The van der Waals surface area contributed by atoms with E-state index >= 15 is 0 Å². The molecule has 1 amide bonds. The molecule has 6 nitrogen and oxygen atoms in total. The molecular weight excluding hydrogens is 316 g/mol. The van der Waals surface area contributed by atoms with E-state index in [9.17, 15) is 13.2 Å². The van der Waals surface area contributed by atoms with Crippen molar-refractivity contribution in [2.75, 3.05) is 39.0 Å². The standard InChI is InChI=1S/C16H24N2O4S/c1-4-23(20,21)18-9-5-8-17(10-11-18)16(19)14-12-13(2)6-7-15(14)22-3/h6-7,12H,4-5,8-11H2,1-3H3. The second-order valence-electron chi connectivity index (χ2n) is 5.65. The molecule has 0 bridgehead atoms. The third-order valence-electron chi connectivity index (χ3n) is 4.09. The van der Waals surface area contributed by atoms with Crippen LogP contribution < -0.4 is 4.74 Å². The minimum atomic E-state index is -3.21. The second kappa shape index (κ2) is 7.31. The molecule has 2 rings (SSSR count). The average molecular weight is 340 g/mol. The fraction of sp³-hybridized carbons (Fsp3) is 0.562. The van der Waals surface area contributed by atoms with Crippen LogP contribution in [-0.2, 0) is 10.0 Å². The molecule has 0 aliphatic carbocycles. The lowest BCUT2D eigenvalue weighted by Gasteiger charge is -2.22. The Bertz CT molecular complexity index is 673. The van der Waals surface area contributed by atoms with Gasteiger partial charge in [-0.25, -0.2) is 12.7 Å². The largest absolute Gasteiger partial charge is 0.496 e. The van der Waals surface area contributed by atoms with Gasteiger partial charge in [-0.15, -0.1) is 0 Å². The van der Waals surface area contributed by atoms with E-state index in [0.717, 1.165) is 5.56 Å². The molecule has 1 fully saturated rings. The summed E-state index contributed by atoms with van der Waals surface area (Å²) in [6.45, 7) is 5.32. The van der Waals surface area contributed by atoms with Crippen molar-refractivity contribution in [1.29, 1.82) is 0 Å². The Morgan fingerprint density at radius 2 is 1.96 bits per heavy atom. The summed E-state index contributed by atoms with van der Waals surface area (Å²) in [7, 11) is -1.67. The highest BCUT2D eigenvalue weighted by Gasteiger charge is 2.27. The Kier molecular flexibility index (Phi) is 5.64. The minimum absolute atomic E-state index is 0.0899. The molecule has 128 valence electrons. The molecule has 1 saturated heterocycles. The number of methoxy groups -OCH3 is 1.